The molecule has 1 atom stereocenters. The zero-order valence-electron chi connectivity index (χ0n) is 10.1. The number of nitrogen functional groups attached to an aromatic ring is 1. The summed E-state index contributed by atoms with van der Waals surface area (Å²) >= 11 is 3.39. The number of carbonyl (C=O) groups excluding carboxylic acids is 1. The molecule has 6 heteroatoms. The Bertz CT molecular complexity index is 658. The van der Waals surface area contributed by atoms with Gasteiger partial charge in [0.05, 0.1) is 17.2 Å². The van der Waals surface area contributed by atoms with Crippen LogP contribution < -0.4 is 16.4 Å². The van der Waals surface area contributed by atoms with Gasteiger partial charge in [-0.15, -0.1) is 0 Å². The molecule has 0 saturated carbocycles. The second-order valence-corrected chi connectivity index (χ2v) is 5.52. The number of aromatic nitrogens is 1. The molecular weight excluding hydrogens is 308 g/mol. The maximum Gasteiger partial charge on any atom is 0.222 e. The molecule has 2 aromatic rings. The highest BCUT2D eigenvalue weighted by atomic mass is 79.9. The summed E-state index contributed by atoms with van der Waals surface area (Å²) in [5, 5.41) is 7.05. The van der Waals surface area contributed by atoms with Gasteiger partial charge in [0.2, 0.25) is 5.91 Å². The minimum atomic E-state index is 0.0768. The molecule has 2 heterocycles. The highest BCUT2D eigenvalue weighted by molar-refractivity contribution is 9.10. The number of nitrogens with one attached hydrogen (secondary N) is 2. The molecule has 1 fully saturated rings. The van der Waals surface area contributed by atoms with Gasteiger partial charge in [0, 0.05) is 34.7 Å². The average Bonchev–Trinajstić information content (AvgIpc) is 2.79. The Hall–Kier alpha value is -1.82. The van der Waals surface area contributed by atoms with Gasteiger partial charge in [0.15, 0.2) is 0 Å². The van der Waals surface area contributed by atoms with E-state index in [1.165, 1.54) is 0 Å². The third kappa shape index (κ3) is 2.35. The van der Waals surface area contributed by atoms with Gasteiger partial charge in [0.1, 0.15) is 0 Å². The monoisotopic (exact) mass is 320 g/mol. The number of hydrogen-bond donors (Lipinski definition) is 3. The highest BCUT2D eigenvalue weighted by Crippen LogP contribution is 2.29. The van der Waals surface area contributed by atoms with Crippen molar-refractivity contribution >= 4 is 44.1 Å². The standard InChI is InChI=1S/C13H13BrN4O/c14-7-3-9-10(15)1-2-11(13(9)17-5-7)18-8-4-12(19)16-6-8/h1-3,5,8,18H,4,6,15H2,(H,16,19). The largest absolute Gasteiger partial charge is 0.398 e. The number of fused-ring (bicyclic) bond motifs is 1. The molecule has 4 N–H and O–H groups in total. The van der Waals surface area contributed by atoms with Gasteiger partial charge < -0.3 is 16.4 Å². The predicted molar refractivity (Wildman–Crippen MR) is 78.9 cm³/mol. The van der Waals surface area contributed by atoms with Crippen LogP contribution in [0.3, 0.4) is 0 Å². The molecule has 1 saturated heterocycles. The first kappa shape index (κ1) is 12.2. The molecule has 1 aliphatic heterocycles. The lowest BCUT2D eigenvalue weighted by Gasteiger charge is -2.14. The normalized spacial score (nSPS) is 18.6. The summed E-state index contributed by atoms with van der Waals surface area (Å²) in [7, 11) is 0. The third-order valence-corrected chi connectivity index (χ3v) is 3.62. The van der Waals surface area contributed by atoms with Gasteiger partial charge in [-0.05, 0) is 34.1 Å². The van der Waals surface area contributed by atoms with E-state index in [9.17, 15) is 4.79 Å². The van der Waals surface area contributed by atoms with Gasteiger partial charge in [-0.1, -0.05) is 0 Å². The van der Waals surface area contributed by atoms with Crippen molar-refractivity contribution in [3.8, 4) is 0 Å². The van der Waals surface area contributed by atoms with Crippen LogP contribution in [0.5, 0.6) is 0 Å². The molecule has 3 rings (SSSR count). The number of carbonyl (C=O) groups is 1. The minimum absolute atomic E-state index is 0.0768. The number of benzene rings is 1. The first-order valence-corrected chi connectivity index (χ1v) is 6.80. The molecule has 0 spiro atoms. The van der Waals surface area contributed by atoms with E-state index in [1.54, 1.807) is 6.20 Å². The topological polar surface area (TPSA) is 80.0 Å². The van der Waals surface area contributed by atoms with Crippen molar-refractivity contribution in [2.24, 2.45) is 0 Å². The van der Waals surface area contributed by atoms with Crippen molar-refractivity contribution in [3.63, 3.8) is 0 Å². The Morgan fingerprint density at radius 3 is 3.05 bits per heavy atom. The van der Waals surface area contributed by atoms with E-state index in [2.05, 4.69) is 31.5 Å². The van der Waals surface area contributed by atoms with E-state index >= 15 is 0 Å². The van der Waals surface area contributed by atoms with E-state index in [0.717, 1.165) is 21.1 Å². The quantitative estimate of drug-likeness (QED) is 0.738. The Kier molecular flexibility index (Phi) is 3.02. The maximum absolute atomic E-state index is 11.2. The molecule has 1 aromatic heterocycles. The molecule has 98 valence electrons. The Balaban J connectivity index is 1.99. The first-order chi connectivity index (χ1) is 9.13. The average molecular weight is 321 g/mol. The number of rotatable bonds is 2. The van der Waals surface area contributed by atoms with Crippen molar-refractivity contribution < 1.29 is 4.79 Å². The Morgan fingerprint density at radius 1 is 1.47 bits per heavy atom. The van der Waals surface area contributed by atoms with Crippen LogP contribution in [-0.4, -0.2) is 23.5 Å². The molecule has 5 nitrogen and oxygen atoms in total. The van der Waals surface area contributed by atoms with E-state index in [0.29, 0.717) is 18.7 Å². The van der Waals surface area contributed by atoms with Crippen LogP contribution in [0.25, 0.3) is 10.9 Å². The molecule has 0 aliphatic carbocycles. The van der Waals surface area contributed by atoms with Gasteiger partial charge in [-0.25, -0.2) is 0 Å². The number of nitrogens with two attached hydrogens (primary N) is 1. The summed E-state index contributed by atoms with van der Waals surface area (Å²) in [6.07, 6.45) is 2.23. The summed E-state index contributed by atoms with van der Waals surface area (Å²) in [5.74, 6) is 0.0768. The SMILES string of the molecule is Nc1ccc(NC2CNC(=O)C2)c2ncc(Br)cc12. The minimum Gasteiger partial charge on any atom is -0.398 e. The van der Waals surface area contributed by atoms with E-state index in [4.69, 9.17) is 5.73 Å². The Morgan fingerprint density at radius 2 is 2.32 bits per heavy atom. The lowest BCUT2D eigenvalue weighted by Crippen LogP contribution is -2.22. The lowest BCUT2D eigenvalue weighted by atomic mass is 10.1. The number of pyridine rings is 1. The van der Waals surface area contributed by atoms with Gasteiger partial charge in [-0.3, -0.25) is 9.78 Å². The van der Waals surface area contributed by atoms with Crippen LogP contribution in [0, 0.1) is 0 Å². The number of halogens is 1. The van der Waals surface area contributed by atoms with Crippen molar-refractivity contribution in [2.45, 2.75) is 12.5 Å². The smallest absolute Gasteiger partial charge is 0.222 e. The number of hydrogen-bond acceptors (Lipinski definition) is 4. The lowest BCUT2D eigenvalue weighted by molar-refractivity contribution is -0.119. The van der Waals surface area contributed by atoms with Crippen LogP contribution in [0.1, 0.15) is 6.42 Å². The van der Waals surface area contributed by atoms with E-state index in [-0.39, 0.29) is 11.9 Å². The van der Waals surface area contributed by atoms with Crippen LogP contribution in [0.4, 0.5) is 11.4 Å². The summed E-state index contributed by atoms with van der Waals surface area (Å²) in [6, 6.07) is 5.80. The molecule has 1 amide bonds. The molecular formula is C13H13BrN4O. The maximum atomic E-state index is 11.2. The van der Waals surface area contributed by atoms with E-state index in [1.807, 2.05) is 18.2 Å². The first-order valence-electron chi connectivity index (χ1n) is 6.00. The zero-order valence-corrected chi connectivity index (χ0v) is 11.7. The van der Waals surface area contributed by atoms with Crippen LogP contribution in [0.15, 0.2) is 28.9 Å². The fraction of sp³-hybridized carbons (Fsp3) is 0.231. The van der Waals surface area contributed by atoms with Crippen molar-refractivity contribution in [1.82, 2.24) is 10.3 Å². The number of nitrogens with zero attached hydrogens (tertiary/aromatic N) is 1. The van der Waals surface area contributed by atoms with Crippen molar-refractivity contribution in [2.75, 3.05) is 17.6 Å². The van der Waals surface area contributed by atoms with Crippen LogP contribution in [0.2, 0.25) is 0 Å². The molecule has 1 aromatic carbocycles. The van der Waals surface area contributed by atoms with Crippen molar-refractivity contribution in [3.05, 3.63) is 28.9 Å². The second kappa shape index (κ2) is 4.70. The van der Waals surface area contributed by atoms with Crippen LogP contribution in [-0.2, 0) is 4.79 Å². The molecule has 19 heavy (non-hydrogen) atoms. The Labute approximate surface area is 118 Å². The highest BCUT2D eigenvalue weighted by Gasteiger charge is 2.21. The van der Waals surface area contributed by atoms with E-state index < -0.39 is 0 Å². The van der Waals surface area contributed by atoms with Gasteiger partial charge in [-0.2, -0.15) is 0 Å². The fourth-order valence-electron chi connectivity index (χ4n) is 2.26. The molecule has 1 aliphatic rings. The molecule has 1 unspecified atom stereocenters. The second-order valence-electron chi connectivity index (χ2n) is 4.60. The predicted octanol–water partition coefficient (Wildman–Crippen LogP) is 1.88. The van der Waals surface area contributed by atoms with Gasteiger partial charge >= 0.3 is 0 Å². The van der Waals surface area contributed by atoms with Crippen LogP contribution >= 0.6 is 15.9 Å². The number of amides is 1. The van der Waals surface area contributed by atoms with Gasteiger partial charge in [0.25, 0.3) is 0 Å². The fourth-order valence-corrected chi connectivity index (χ4v) is 2.59. The summed E-state index contributed by atoms with van der Waals surface area (Å²) < 4.78 is 0.890. The summed E-state index contributed by atoms with van der Waals surface area (Å²) in [6.45, 7) is 0.640. The van der Waals surface area contributed by atoms with Crippen molar-refractivity contribution in [1.29, 1.82) is 0 Å². The number of anilines is 2. The molecule has 0 radical (unpaired) electrons. The summed E-state index contributed by atoms with van der Waals surface area (Å²) in [5.41, 5.74) is 8.38. The molecule has 0 bridgehead atoms. The zero-order chi connectivity index (χ0) is 13.4. The summed E-state index contributed by atoms with van der Waals surface area (Å²) in [4.78, 5) is 15.6. The third-order valence-electron chi connectivity index (χ3n) is 3.19.